The molecule has 0 aliphatic carbocycles. The van der Waals surface area contributed by atoms with E-state index in [0.717, 1.165) is 44.1 Å². The van der Waals surface area contributed by atoms with Crippen molar-refractivity contribution >= 4 is 5.82 Å². The third-order valence-electron chi connectivity index (χ3n) is 5.00. The third-order valence-corrected chi connectivity index (χ3v) is 5.00. The third kappa shape index (κ3) is 5.09. The number of rotatable bonds is 6. The molecule has 0 atom stereocenters. The summed E-state index contributed by atoms with van der Waals surface area (Å²) in [5, 5.41) is 9.06. The molecule has 146 valence electrons. The van der Waals surface area contributed by atoms with Gasteiger partial charge in [-0.15, -0.1) is 0 Å². The van der Waals surface area contributed by atoms with Crippen LogP contribution in [0.4, 0.5) is 5.82 Å². The van der Waals surface area contributed by atoms with Crippen LogP contribution in [0.2, 0.25) is 0 Å². The first kappa shape index (κ1) is 18.9. The molecule has 1 aliphatic heterocycles. The fourth-order valence-corrected chi connectivity index (χ4v) is 3.43. The molecule has 0 N–H and O–H groups in total. The molecular weight excluding hydrogens is 362 g/mol. The SMILES string of the molecule is N#Cc1cccc(CN2CCN(c3cccc(OCc4ccncc4)n3)CC2)c1. The molecule has 1 aliphatic rings. The average Bonchev–Trinajstić information content (AvgIpc) is 2.79. The second kappa shape index (κ2) is 9.18. The van der Waals surface area contributed by atoms with Gasteiger partial charge in [-0.1, -0.05) is 18.2 Å². The van der Waals surface area contributed by atoms with Crippen molar-refractivity contribution in [3.8, 4) is 11.9 Å². The summed E-state index contributed by atoms with van der Waals surface area (Å²) in [5.41, 5.74) is 2.97. The van der Waals surface area contributed by atoms with E-state index in [9.17, 15) is 0 Å². The minimum atomic E-state index is 0.481. The Morgan fingerprint density at radius 2 is 1.72 bits per heavy atom. The maximum absolute atomic E-state index is 9.06. The number of nitriles is 1. The number of anilines is 1. The molecule has 6 nitrogen and oxygen atoms in total. The van der Waals surface area contributed by atoms with Gasteiger partial charge in [-0.05, 0) is 41.5 Å². The van der Waals surface area contributed by atoms with Crippen molar-refractivity contribution in [2.75, 3.05) is 31.1 Å². The second-order valence-corrected chi connectivity index (χ2v) is 7.05. The van der Waals surface area contributed by atoms with E-state index in [1.165, 1.54) is 5.56 Å². The van der Waals surface area contributed by atoms with Gasteiger partial charge in [-0.2, -0.15) is 10.2 Å². The number of aromatic nitrogens is 2. The highest BCUT2D eigenvalue weighted by Crippen LogP contribution is 2.19. The summed E-state index contributed by atoms with van der Waals surface area (Å²) in [4.78, 5) is 13.4. The highest BCUT2D eigenvalue weighted by molar-refractivity contribution is 5.41. The van der Waals surface area contributed by atoms with Crippen LogP contribution in [0.3, 0.4) is 0 Å². The normalized spacial score (nSPS) is 14.4. The summed E-state index contributed by atoms with van der Waals surface area (Å²) < 4.78 is 5.84. The molecule has 3 aromatic rings. The Morgan fingerprint density at radius 1 is 0.931 bits per heavy atom. The topological polar surface area (TPSA) is 65.3 Å². The van der Waals surface area contributed by atoms with Gasteiger partial charge in [-0.25, -0.2) is 0 Å². The molecule has 4 rings (SSSR count). The predicted octanol–water partition coefficient (Wildman–Crippen LogP) is 3.25. The molecule has 0 bridgehead atoms. The summed E-state index contributed by atoms with van der Waals surface area (Å²) in [6, 6.07) is 19.8. The number of piperazine rings is 1. The second-order valence-electron chi connectivity index (χ2n) is 7.05. The van der Waals surface area contributed by atoms with E-state index in [1.54, 1.807) is 12.4 Å². The number of ether oxygens (including phenoxy) is 1. The van der Waals surface area contributed by atoms with Crippen molar-refractivity contribution in [1.82, 2.24) is 14.9 Å². The minimum Gasteiger partial charge on any atom is -0.473 e. The van der Waals surface area contributed by atoms with Gasteiger partial charge < -0.3 is 9.64 Å². The van der Waals surface area contributed by atoms with Gasteiger partial charge in [-0.3, -0.25) is 9.88 Å². The first-order valence-corrected chi connectivity index (χ1v) is 9.75. The molecule has 0 spiro atoms. The van der Waals surface area contributed by atoms with E-state index in [1.807, 2.05) is 48.5 Å². The van der Waals surface area contributed by atoms with Crippen molar-refractivity contribution < 1.29 is 4.74 Å². The van der Waals surface area contributed by atoms with Crippen LogP contribution in [0.15, 0.2) is 67.0 Å². The van der Waals surface area contributed by atoms with Gasteiger partial charge >= 0.3 is 0 Å². The van der Waals surface area contributed by atoms with Gasteiger partial charge in [0.1, 0.15) is 12.4 Å². The lowest BCUT2D eigenvalue weighted by Crippen LogP contribution is -2.46. The molecule has 6 heteroatoms. The molecule has 0 radical (unpaired) electrons. The lowest BCUT2D eigenvalue weighted by molar-refractivity contribution is 0.248. The van der Waals surface area contributed by atoms with Crippen LogP contribution in [0, 0.1) is 11.3 Å². The summed E-state index contributed by atoms with van der Waals surface area (Å²) in [6.45, 7) is 5.10. The standard InChI is InChI=1S/C23H23N5O/c24-16-20-3-1-4-21(15-20)17-27-11-13-28(14-12-27)22-5-2-6-23(26-22)29-18-19-7-9-25-10-8-19/h1-10,15H,11-14,17-18H2. The highest BCUT2D eigenvalue weighted by atomic mass is 16.5. The Morgan fingerprint density at radius 3 is 2.52 bits per heavy atom. The predicted molar refractivity (Wildman–Crippen MR) is 111 cm³/mol. The van der Waals surface area contributed by atoms with Crippen molar-refractivity contribution in [3.63, 3.8) is 0 Å². The molecule has 0 amide bonds. The summed E-state index contributed by atoms with van der Waals surface area (Å²) >= 11 is 0. The monoisotopic (exact) mass is 385 g/mol. The zero-order valence-electron chi connectivity index (χ0n) is 16.2. The molecular formula is C23H23N5O. The summed E-state index contributed by atoms with van der Waals surface area (Å²) in [6.07, 6.45) is 3.52. The van der Waals surface area contributed by atoms with Crippen LogP contribution in [0.25, 0.3) is 0 Å². The van der Waals surface area contributed by atoms with Gasteiger partial charge in [0.25, 0.3) is 0 Å². The fourth-order valence-electron chi connectivity index (χ4n) is 3.43. The van der Waals surface area contributed by atoms with E-state index >= 15 is 0 Å². The minimum absolute atomic E-state index is 0.481. The number of nitrogens with zero attached hydrogens (tertiary/aromatic N) is 5. The van der Waals surface area contributed by atoms with Gasteiger partial charge in [0.15, 0.2) is 0 Å². The Labute approximate surface area is 171 Å². The summed E-state index contributed by atoms with van der Waals surface area (Å²) in [5.74, 6) is 1.58. The Balaban J connectivity index is 1.32. The van der Waals surface area contributed by atoms with E-state index in [-0.39, 0.29) is 0 Å². The van der Waals surface area contributed by atoms with E-state index < -0.39 is 0 Å². The van der Waals surface area contributed by atoms with E-state index in [2.05, 4.69) is 31.9 Å². The van der Waals surface area contributed by atoms with Crippen molar-refractivity contribution in [1.29, 1.82) is 5.26 Å². The van der Waals surface area contributed by atoms with Crippen molar-refractivity contribution in [2.45, 2.75) is 13.2 Å². The van der Waals surface area contributed by atoms with Gasteiger partial charge in [0.05, 0.1) is 11.6 Å². The van der Waals surface area contributed by atoms with Gasteiger partial charge in [0, 0.05) is 51.2 Å². The highest BCUT2D eigenvalue weighted by Gasteiger charge is 2.18. The molecule has 0 saturated carbocycles. The molecule has 1 aromatic carbocycles. The zero-order chi connectivity index (χ0) is 19.9. The van der Waals surface area contributed by atoms with Gasteiger partial charge in [0.2, 0.25) is 5.88 Å². The van der Waals surface area contributed by atoms with E-state index in [4.69, 9.17) is 10.00 Å². The number of hydrogen-bond acceptors (Lipinski definition) is 6. The number of pyridine rings is 2. The fraction of sp³-hybridized carbons (Fsp3) is 0.261. The zero-order valence-corrected chi connectivity index (χ0v) is 16.2. The maximum atomic E-state index is 9.06. The van der Waals surface area contributed by atoms with Crippen LogP contribution >= 0.6 is 0 Å². The quantitative estimate of drug-likeness (QED) is 0.649. The Hall–Kier alpha value is -3.43. The van der Waals surface area contributed by atoms with Crippen molar-refractivity contribution in [2.24, 2.45) is 0 Å². The lowest BCUT2D eigenvalue weighted by Gasteiger charge is -2.35. The molecule has 1 saturated heterocycles. The molecule has 1 fully saturated rings. The Bertz CT molecular complexity index is 978. The maximum Gasteiger partial charge on any atom is 0.215 e. The van der Waals surface area contributed by atoms with Crippen molar-refractivity contribution in [3.05, 3.63) is 83.7 Å². The van der Waals surface area contributed by atoms with Crippen LogP contribution in [-0.4, -0.2) is 41.0 Å². The van der Waals surface area contributed by atoms with E-state index in [0.29, 0.717) is 18.1 Å². The number of hydrogen-bond donors (Lipinski definition) is 0. The van der Waals surface area contributed by atoms with Crippen LogP contribution in [0.1, 0.15) is 16.7 Å². The van der Waals surface area contributed by atoms with Crippen LogP contribution in [0.5, 0.6) is 5.88 Å². The molecule has 2 aromatic heterocycles. The average molecular weight is 385 g/mol. The largest absolute Gasteiger partial charge is 0.473 e. The smallest absolute Gasteiger partial charge is 0.215 e. The summed E-state index contributed by atoms with van der Waals surface area (Å²) in [7, 11) is 0. The molecule has 0 unspecified atom stereocenters. The lowest BCUT2D eigenvalue weighted by atomic mass is 10.1. The van der Waals surface area contributed by atoms with Crippen LogP contribution < -0.4 is 9.64 Å². The first-order chi connectivity index (χ1) is 14.3. The van der Waals surface area contributed by atoms with Crippen LogP contribution in [-0.2, 0) is 13.2 Å². The Kier molecular flexibility index (Phi) is 5.98. The first-order valence-electron chi connectivity index (χ1n) is 9.75. The number of benzene rings is 1. The molecule has 3 heterocycles. The molecule has 29 heavy (non-hydrogen) atoms.